The predicted molar refractivity (Wildman–Crippen MR) is 127 cm³/mol. The molecule has 1 aromatic heterocycles. The van der Waals surface area contributed by atoms with Gasteiger partial charge in [-0.3, -0.25) is 9.59 Å². The Kier molecular flexibility index (Phi) is 7.15. The van der Waals surface area contributed by atoms with Crippen LogP contribution in [0, 0.1) is 11.8 Å². The largest absolute Gasteiger partial charge is 0.365 e. The molecule has 34 heavy (non-hydrogen) atoms. The zero-order valence-corrected chi connectivity index (χ0v) is 20.2. The van der Waals surface area contributed by atoms with Crippen LogP contribution in [0.15, 0.2) is 24.3 Å². The first-order valence-corrected chi connectivity index (χ1v) is 12.8. The number of ether oxygens (including phenoxy) is 1. The summed E-state index contributed by atoms with van der Waals surface area (Å²) in [6.07, 6.45) is 7.53. The van der Waals surface area contributed by atoms with Gasteiger partial charge in [-0.25, -0.2) is 4.68 Å². The molecule has 182 valence electrons. The first-order chi connectivity index (χ1) is 16.6. The van der Waals surface area contributed by atoms with Crippen LogP contribution in [-0.2, 0) is 22.7 Å². The average molecular weight is 486 g/mol. The molecule has 5 rings (SSSR count). The van der Waals surface area contributed by atoms with Gasteiger partial charge in [0.2, 0.25) is 5.91 Å². The van der Waals surface area contributed by atoms with E-state index in [0.29, 0.717) is 54.8 Å². The molecule has 0 spiro atoms. The third kappa shape index (κ3) is 5.13. The summed E-state index contributed by atoms with van der Waals surface area (Å²) >= 11 is 5.99. The van der Waals surface area contributed by atoms with Crippen molar-refractivity contribution in [3.05, 3.63) is 46.2 Å². The third-order valence-corrected chi connectivity index (χ3v) is 7.74. The molecule has 9 heteroatoms. The highest BCUT2D eigenvalue weighted by atomic mass is 35.5. The van der Waals surface area contributed by atoms with Crippen LogP contribution in [-0.4, -0.2) is 51.3 Å². The summed E-state index contributed by atoms with van der Waals surface area (Å²) in [7, 11) is 0. The van der Waals surface area contributed by atoms with Gasteiger partial charge >= 0.3 is 0 Å². The van der Waals surface area contributed by atoms with Crippen LogP contribution in [0.25, 0.3) is 0 Å². The smallest absolute Gasteiger partial charge is 0.276 e. The molecule has 8 nitrogen and oxygen atoms in total. The van der Waals surface area contributed by atoms with Crippen LogP contribution in [0.4, 0.5) is 0 Å². The zero-order chi connectivity index (χ0) is 23.5. The van der Waals surface area contributed by atoms with E-state index in [0.717, 1.165) is 12.1 Å². The van der Waals surface area contributed by atoms with E-state index < -0.39 is 0 Å². The Morgan fingerprint density at radius 3 is 2.53 bits per heavy atom. The molecule has 1 aliphatic carbocycles. The summed E-state index contributed by atoms with van der Waals surface area (Å²) in [5, 5.41) is 12.3. The number of aromatic nitrogens is 3. The summed E-state index contributed by atoms with van der Waals surface area (Å²) in [5.74, 6) is 0.613. The lowest BCUT2D eigenvalue weighted by atomic mass is 9.89. The van der Waals surface area contributed by atoms with Crippen molar-refractivity contribution in [1.82, 2.24) is 25.2 Å². The van der Waals surface area contributed by atoms with Crippen molar-refractivity contribution in [2.24, 2.45) is 11.8 Å². The number of nitrogens with one attached hydrogen (secondary N) is 1. The van der Waals surface area contributed by atoms with Crippen LogP contribution < -0.4 is 5.32 Å². The molecule has 3 aliphatic rings. The zero-order valence-electron chi connectivity index (χ0n) is 19.4. The normalized spacial score (nSPS) is 21.8. The van der Waals surface area contributed by atoms with Crippen molar-refractivity contribution >= 4 is 23.4 Å². The standard InChI is InChI=1S/C25H32ClN5O3/c26-20-8-6-18(7-9-20)22-15-31-21(16-34-22)23(28-29-31)25(33)30-12-10-19(11-13-30)24(32)27-14-17-4-2-1-3-5-17/h6-9,17,19,22H,1-5,10-16H2,(H,27,32)/t22-/m0/s1. The molecular formula is C25H32ClN5O3. The lowest BCUT2D eigenvalue weighted by molar-refractivity contribution is -0.126. The fourth-order valence-electron chi connectivity index (χ4n) is 5.33. The monoisotopic (exact) mass is 485 g/mol. The second-order valence-corrected chi connectivity index (χ2v) is 10.2. The highest BCUT2D eigenvalue weighted by Gasteiger charge is 2.33. The second-order valence-electron chi connectivity index (χ2n) is 9.73. The Bertz CT molecular complexity index is 1010. The van der Waals surface area contributed by atoms with Gasteiger partial charge < -0.3 is 15.0 Å². The molecule has 0 unspecified atom stereocenters. The summed E-state index contributed by atoms with van der Waals surface area (Å²) in [4.78, 5) is 27.6. The fraction of sp³-hybridized carbons (Fsp3) is 0.600. The Labute approximate surface area is 205 Å². The fourth-order valence-corrected chi connectivity index (χ4v) is 5.46. The molecule has 0 bridgehead atoms. The topological polar surface area (TPSA) is 89.4 Å². The number of rotatable bonds is 5. The van der Waals surface area contributed by atoms with E-state index in [4.69, 9.17) is 16.3 Å². The minimum atomic E-state index is -0.155. The Morgan fingerprint density at radius 1 is 1.06 bits per heavy atom. The van der Waals surface area contributed by atoms with E-state index in [1.54, 1.807) is 9.58 Å². The van der Waals surface area contributed by atoms with E-state index >= 15 is 0 Å². The number of hydrogen-bond acceptors (Lipinski definition) is 5. The summed E-state index contributed by atoms with van der Waals surface area (Å²) in [6.45, 7) is 2.69. The molecule has 1 N–H and O–H groups in total. The molecule has 2 aromatic rings. The number of nitrogens with zero attached hydrogens (tertiary/aromatic N) is 4. The van der Waals surface area contributed by atoms with Crippen molar-refractivity contribution in [2.45, 2.75) is 64.2 Å². The summed E-state index contributed by atoms with van der Waals surface area (Å²) in [6, 6.07) is 7.56. The van der Waals surface area contributed by atoms with Gasteiger partial charge in [0, 0.05) is 30.6 Å². The van der Waals surface area contributed by atoms with E-state index in [9.17, 15) is 9.59 Å². The number of halogens is 1. The van der Waals surface area contributed by atoms with Crippen molar-refractivity contribution < 1.29 is 14.3 Å². The molecule has 1 saturated carbocycles. The Balaban J connectivity index is 1.14. The van der Waals surface area contributed by atoms with Gasteiger partial charge in [-0.05, 0) is 49.3 Å². The van der Waals surface area contributed by atoms with Gasteiger partial charge in [0.1, 0.15) is 6.10 Å². The lowest BCUT2D eigenvalue weighted by Gasteiger charge is -2.32. The summed E-state index contributed by atoms with van der Waals surface area (Å²) in [5.41, 5.74) is 2.08. The van der Waals surface area contributed by atoms with E-state index in [1.165, 1.54) is 32.1 Å². The highest BCUT2D eigenvalue weighted by molar-refractivity contribution is 6.30. The minimum absolute atomic E-state index is 0.0230. The van der Waals surface area contributed by atoms with E-state index in [2.05, 4.69) is 15.6 Å². The molecule has 1 aromatic carbocycles. The third-order valence-electron chi connectivity index (χ3n) is 7.48. The van der Waals surface area contributed by atoms with Crippen molar-refractivity contribution in [2.75, 3.05) is 19.6 Å². The maximum absolute atomic E-state index is 13.2. The molecule has 1 saturated heterocycles. The number of piperidine rings is 1. The van der Waals surface area contributed by atoms with Crippen LogP contribution in [0.2, 0.25) is 5.02 Å². The molecule has 2 fully saturated rings. The van der Waals surface area contributed by atoms with Gasteiger partial charge in [0.15, 0.2) is 5.69 Å². The SMILES string of the molecule is O=C(NCC1CCCCC1)C1CCN(C(=O)c2nnn3c2CO[C@H](c2ccc(Cl)cc2)C3)CC1. The number of likely N-dealkylation sites (tertiary alicyclic amines) is 1. The molecular weight excluding hydrogens is 454 g/mol. The Morgan fingerprint density at radius 2 is 1.79 bits per heavy atom. The van der Waals surface area contributed by atoms with Gasteiger partial charge in [0.05, 0.1) is 18.8 Å². The second kappa shape index (κ2) is 10.4. The van der Waals surface area contributed by atoms with Crippen LogP contribution >= 0.6 is 11.6 Å². The van der Waals surface area contributed by atoms with Crippen LogP contribution in [0.3, 0.4) is 0 Å². The lowest BCUT2D eigenvalue weighted by Crippen LogP contribution is -2.44. The molecule has 1 atom stereocenters. The van der Waals surface area contributed by atoms with Crippen LogP contribution in [0.1, 0.15) is 72.8 Å². The first-order valence-electron chi connectivity index (χ1n) is 12.4. The van der Waals surface area contributed by atoms with Crippen LogP contribution in [0.5, 0.6) is 0 Å². The highest BCUT2D eigenvalue weighted by Crippen LogP contribution is 2.29. The summed E-state index contributed by atoms with van der Waals surface area (Å²) < 4.78 is 7.79. The number of amides is 2. The number of carbonyl (C=O) groups excluding carboxylic acids is 2. The number of hydrogen-bond donors (Lipinski definition) is 1. The average Bonchev–Trinajstić information content (AvgIpc) is 3.31. The van der Waals surface area contributed by atoms with Crippen molar-refractivity contribution in [3.8, 4) is 0 Å². The van der Waals surface area contributed by atoms with E-state index in [-0.39, 0.29) is 30.4 Å². The van der Waals surface area contributed by atoms with E-state index in [1.807, 2.05) is 24.3 Å². The van der Waals surface area contributed by atoms with Crippen molar-refractivity contribution in [1.29, 1.82) is 0 Å². The van der Waals surface area contributed by atoms with Gasteiger partial charge in [-0.1, -0.05) is 48.2 Å². The number of carbonyl (C=O) groups is 2. The number of fused-ring (bicyclic) bond motifs is 1. The Hall–Kier alpha value is -2.45. The maximum atomic E-state index is 13.2. The van der Waals surface area contributed by atoms with Gasteiger partial charge in [-0.15, -0.1) is 5.10 Å². The molecule has 3 heterocycles. The predicted octanol–water partition coefficient (Wildman–Crippen LogP) is 3.75. The first kappa shape index (κ1) is 23.3. The molecule has 2 aliphatic heterocycles. The molecule has 0 radical (unpaired) electrons. The maximum Gasteiger partial charge on any atom is 0.276 e. The van der Waals surface area contributed by atoms with Gasteiger partial charge in [0.25, 0.3) is 5.91 Å². The van der Waals surface area contributed by atoms with Gasteiger partial charge in [-0.2, -0.15) is 0 Å². The van der Waals surface area contributed by atoms with Crippen molar-refractivity contribution in [3.63, 3.8) is 0 Å². The number of benzene rings is 1. The quantitative estimate of drug-likeness (QED) is 0.696. The molecule has 2 amide bonds. The minimum Gasteiger partial charge on any atom is -0.365 e.